The van der Waals surface area contributed by atoms with Gasteiger partial charge < -0.3 is 4.90 Å². The maximum atomic E-state index is 13.4. The van der Waals surface area contributed by atoms with Gasteiger partial charge in [-0.05, 0) is 38.0 Å². The van der Waals surface area contributed by atoms with Crippen LogP contribution in [0.4, 0.5) is 0 Å². The molecule has 0 saturated heterocycles. The Morgan fingerprint density at radius 3 is 2.36 bits per heavy atom. The van der Waals surface area contributed by atoms with Crippen LogP contribution in [0.3, 0.4) is 0 Å². The van der Waals surface area contributed by atoms with Gasteiger partial charge in [0.2, 0.25) is 5.91 Å². The Labute approximate surface area is 150 Å². The predicted molar refractivity (Wildman–Crippen MR) is 98.9 cm³/mol. The van der Waals surface area contributed by atoms with Crippen molar-refractivity contribution in [3.8, 4) is 6.07 Å². The molecule has 0 N–H and O–H groups in total. The van der Waals surface area contributed by atoms with Gasteiger partial charge in [0.1, 0.15) is 0 Å². The van der Waals surface area contributed by atoms with Crippen LogP contribution in [0.15, 0.2) is 54.9 Å². The molecule has 0 bridgehead atoms. The van der Waals surface area contributed by atoms with Crippen LogP contribution in [0.1, 0.15) is 50.2 Å². The number of likely N-dealkylation sites (N-methyl/N-ethyl adjacent to an activating group) is 1. The van der Waals surface area contributed by atoms with E-state index in [0.29, 0.717) is 6.54 Å². The van der Waals surface area contributed by atoms with E-state index in [-0.39, 0.29) is 24.3 Å². The molecule has 2 rings (SSSR count). The molecule has 0 saturated carbocycles. The van der Waals surface area contributed by atoms with Crippen molar-refractivity contribution in [1.82, 2.24) is 9.88 Å². The summed E-state index contributed by atoms with van der Waals surface area (Å²) < 4.78 is 0. The van der Waals surface area contributed by atoms with Crippen molar-refractivity contribution < 1.29 is 4.79 Å². The summed E-state index contributed by atoms with van der Waals surface area (Å²) in [5.41, 5.74) is 1.86. The Morgan fingerprint density at radius 2 is 1.84 bits per heavy atom. The molecule has 1 aromatic heterocycles. The number of rotatable bonds is 7. The number of nitrogens with zero attached hydrogens (tertiary/aromatic N) is 3. The highest BCUT2D eigenvalue weighted by molar-refractivity contribution is 5.85. The molecule has 2 aromatic rings. The van der Waals surface area contributed by atoms with Crippen molar-refractivity contribution in [1.29, 1.82) is 5.26 Å². The van der Waals surface area contributed by atoms with E-state index in [9.17, 15) is 10.1 Å². The molecule has 0 aliphatic heterocycles. The van der Waals surface area contributed by atoms with E-state index >= 15 is 0 Å². The van der Waals surface area contributed by atoms with Crippen molar-refractivity contribution in [2.45, 2.75) is 45.1 Å². The second-order valence-corrected chi connectivity index (χ2v) is 6.36. The van der Waals surface area contributed by atoms with Crippen molar-refractivity contribution in [2.24, 2.45) is 0 Å². The Hall–Kier alpha value is -2.67. The number of pyridine rings is 1. The Kier molecular flexibility index (Phi) is 6.71. The van der Waals surface area contributed by atoms with Gasteiger partial charge in [-0.15, -0.1) is 0 Å². The van der Waals surface area contributed by atoms with Gasteiger partial charge in [-0.25, -0.2) is 0 Å². The monoisotopic (exact) mass is 335 g/mol. The van der Waals surface area contributed by atoms with E-state index in [1.165, 1.54) is 0 Å². The van der Waals surface area contributed by atoms with Gasteiger partial charge in [0.05, 0.1) is 12.0 Å². The SMILES string of the molecule is CCN(C(=O)C(c1cccnc1)C(CC#N)c1ccccc1)C(C)C. The highest BCUT2D eigenvalue weighted by atomic mass is 16.2. The van der Waals surface area contributed by atoms with Gasteiger partial charge in [-0.2, -0.15) is 5.26 Å². The summed E-state index contributed by atoms with van der Waals surface area (Å²) in [4.78, 5) is 19.5. The number of hydrogen-bond donors (Lipinski definition) is 0. The molecule has 1 amide bonds. The average Bonchev–Trinajstić information content (AvgIpc) is 2.63. The highest BCUT2D eigenvalue weighted by Crippen LogP contribution is 2.37. The number of benzene rings is 1. The first kappa shape index (κ1) is 18.7. The number of aromatic nitrogens is 1. The highest BCUT2D eigenvalue weighted by Gasteiger charge is 2.34. The second kappa shape index (κ2) is 8.98. The lowest BCUT2D eigenvalue weighted by molar-refractivity contribution is -0.134. The van der Waals surface area contributed by atoms with Crippen LogP contribution in [-0.4, -0.2) is 28.4 Å². The maximum absolute atomic E-state index is 13.4. The van der Waals surface area contributed by atoms with Crippen molar-refractivity contribution in [3.63, 3.8) is 0 Å². The van der Waals surface area contributed by atoms with Crippen molar-refractivity contribution >= 4 is 5.91 Å². The van der Waals surface area contributed by atoms with Gasteiger partial charge in [0.25, 0.3) is 0 Å². The predicted octanol–water partition coefficient (Wildman–Crippen LogP) is 4.12. The summed E-state index contributed by atoms with van der Waals surface area (Å²) in [6, 6.07) is 16.0. The summed E-state index contributed by atoms with van der Waals surface area (Å²) in [6.07, 6.45) is 3.72. The van der Waals surface area contributed by atoms with Crippen LogP contribution in [-0.2, 0) is 4.79 Å². The number of carbonyl (C=O) groups is 1. The van der Waals surface area contributed by atoms with Gasteiger partial charge in [-0.1, -0.05) is 36.4 Å². The minimum Gasteiger partial charge on any atom is -0.340 e. The molecule has 25 heavy (non-hydrogen) atoms. The van der Waals surface area contributed by atoms with E-state index in [4.69, 9.17) is 0 Å². The fraction of sp³-hybridized carbons (Fsp3) is 0.381. The van der Waals surface area contributed by atoms with E-state index in [2.05, 4.69) is 11.1 Å². The zero-order valence-corrected chi connectivity index (χ0v) is 15.1. The summed E-state index contributed by atoms with van der Waals surface area (Å²) in [5, 5.41) is 9.39. The van der Waals surface area contributed by atoms with Crippen LogP contribution in [0.5, 0.6) is 0 Å². The minimum absolute atomic E-state index is 0.0506. The van der Waals surface area contributed by atoms with Gasteiger partial charge >= 0.3 is 0 Å². The van der Waals surface area contributed by atoms with Crippen molar-refractivity contribution in [2.75, 3.05) is 6.54 Å². The molecule has 2 atom stereocenters. The second-order valence-electron chi connectivity index (χ2n) is 6.36. The lowest BCUT2D eigenvalue weighted by Gasteiger charge is -2.33. The summed E-state index contributed by atoms with van der Waals surface area (Å²) in [6.45, 7) is 6.66. The third kappa shape index (κ3) is 4.45. The first-order valence-corrected chi connectivity index (χ1v) is 8.72. The van der Waals surface area contributed by atoms with Gasteiger partial charge in [0.15, 0.2) is 0 Å². The van der Waals surface area contributed by atoms with E-state index in [0.717, 1.165) is 11.1 Å². The summed E-state index contributed by atoms with van der Waals surface area (Å²) in [5.74, 6) is -0.566. The molecule has 4 nitrogen and oxygen atoms in total. The Bertz CT molecular complexity index is 707. The molecule has 2 unspecified atom stereocenters. The van der Waals surface area contributed by atoms with Crippen LogP contribution < -0.4 is 0 Å². The lowest BCUT2D eigenvalue weighted by atomic mass is 9.79. The van der Waals surface area contributed by atoms with Crippen LogP contribution in [0.25, 0.3) is 0 Å². The molecule has 0 aliphatic rings. The van der Waals surface area contributed by atoms with E-state index in [1.54, 1.807) is 12.4 Å². The number of amides is 1. The zero-order chi connectivity index (χ0) is 18.2. The number of nitriles is 1. The normalized spacial score (nSPS) is 13.1. The van der Waals surface area contributed by atoms with Gasteiger partial charge in [0, 0.05) is 37.3 Å². The maximum Gasteiger partial charge on any atom is 0.231 e. The first-order valence-electron chi connectivity index (χ1n) is 8.72. The molecule has 1 aromatic carbocycles. The third-order valence-corrected chi connectivity index (χ3v) is 4.50. The molecule has 0 radical (unpaired) electrons. The standard InChI is InChI=1S/C21H25N3O/c1-4-24(16(2)3)21(25)20(18-11-8-14-23-15-18)19(12-13-22)17-9-6-5-7-10-17/h5-11,14-16,19-20H,4,12H2,1-3H3. The molecular weight excluding hydrogens is 310 g/mol. The van der Waals surface area contributed by atoms with E-state index in [1.807, 2.05) is 68.1 Å². The molecule has 0 spiro atoms. The third-order valence-electron chi connectivity index (χ3n) is 4.50. The van der Waals surface area contributed by atoms with E-state index < -0.39 is 5.92 Å². The van der Waals surface area contributed by atoms with Crippen LogP contribution in [0.2, 0.25) is 0 Å². The smallest absolute Gasteiger partial charge is 0.231 e. The first-order chi connectivity index (χ1) is 12.1. The summed E-state index contributed by atoms with van der Waals surface area (Å²) >= 11 is 0. The molecule has 130 valence electrons. The quantitative estimate of drug-likeness (QED) is 0.765. The number of carbonyl (C=O) groups excluding carboxylic acids is 1. The molecule has 0 fully saturated rings. The average molecular weight is 335 g/mol. The Morgan fingerprint density at radius 1 is 1.16 bits per heavy atom. The minimum atomic E-state index is -0.418. The fourth-order valence-electron chi connectivity index (χ4n) is 3.29. The molecular formula is C21H25N3O. The van der Waals surface area contributed by atoms with Gasteiger partial charge in [-0.3, -0.25) is 9.78 Å². The fourth-order valence-corrected chi connectivity index (χ4v) is 3.29. The van der Waals surface area contributed by atoms with Crippen LogP contribution in [0, 0.1) is 11.3 Å². The molecule has 0 aliphatic carbocycles. The zero-order valence-electron chi connectivity index (χ0n) is 15.1. The lowest BCUT2D eigenvalue weighted by Crippen LogP contribution is -2.41. The summed E-state index contributed by atoms with van der Waals surface area (Å²) in [7, 11) is 0. The topological polar surface area (TPSA) is 57.0 Å². The van der Waals surface area contributed by atoms with Crippen LogP contribution >= 0.6 is 0 Å². The number of hydrogen-bond acceptors (Lipinski definition) is 3. The molecule has 1 heterocycles. The molecule has 4 heteroatoms. The van der Waals surface area contributed by atoms with Crippen molar-refractivity contribution in [3.05, 3.63) is 66.0 Å². The Balaban J connectivity index is 2.53. The largest absolute Gasteiger partial charge is 0.340 e.